The zero-order chi connectivity index (χ0) is 13.0. The highest BCUT2D eigenvalue weighted by Gasteiger charge is 2.27. The van der Waals surface area contributed by atoms with Crippen molar-refractivity contribution in [3.8, 4) is 0 Å². The molecule has 4 nitrogen and oxygen atoms in total. The summed E-state index contributed by atoms with van der Waals surface area (Å²) in [5.74, 6) is 0.926. The molecule has 2 rings (SSSR count). The van der Waals surface area contributed by atoms with E-state index < -0.39 is 0 Å². The standard InChI is InChI=1S/C14H26N2O2/c1-11-5-3-4-6-13(11)15-12(2)14(17)16-7-9-18-10-8-16/h11-13,15H,3-10H2,1-2H3. The Hall–Kier alpha value is -0.610. The van der Waals surface area contributed by atoms with Gasteiger partial charge in [-0.3, -0.25) is 4.79 Å². The fourth-order valence-corrected chi connectivity index (χ4v) is 3.01. The molecule has 0 aromatic heterocycles. The van der Waals surface area contributed by atoms with Crippen LogP contribution in [0.5, 0.6) is 0 Å². The third kappa shape index (κ3) is 3.45. The van der Waals surface area contributed by atoms with Crippen molar-refractivity contribution in [2.24, 2.45) is 5.92 Å². The Morgan fingerprint density at radius 2 is 1.94 bits per heavy atom. The summed E-state index contributed by atoms with van der Waals surface area (Å²) in [4.78, 5) is 14.2. The molecule has 1 amide bonds. The van der Waals surface area contributed by atoms with Crippen LogP contribution in [0.25, 0.3) is 0 Å². The molecule has 1 N–H and O–H groups in total. The zero-order valence-corrected chi connectivity index (χ0v) is 11.7. The number of amides is 1. The maximum atomic E-state index is 12.3. The van der Waals surface area contributed by atoms with Crippen LogP contribution in [-0.2, 0) is 9.53 Å². The highest BCUT2D eigenvalue weighted by Crippen LogP contribution is 2.24. The van der Waals surface area contributed by atoms with Crippen LogP contribution in [0.1, 0.15) is 39.5 Å². The van der Waals surface area contributed by atoms with Crippen LogP contribution in [0.15, 0.2) is 0 Å². The number of nitrogens with zero attached hydrogens (tertiary/aromatic N) is 1. The lowest BCUT2D eigenvalue weighted by atomic mass is 9.85. The van der Waals surface area contributed by atoms with Crippen LogP contribution in [0, 0.1) is 5.92 Å². The van der Waals surface area contributed by atoms with E-state index in [-0.39, 0.29) is 11.9 Å². The van der Waals surface area contributed by atoms with Crippen molar-refractivity contribution in [2.45, 2.75) is 51.6 Å². The molecule has 1 saturated carbocycles. The van der Waals surface area contributed by atoms with Crippen LogP contribution in [-0.4, -0.2) is 49.2 Å². The van der Waals surface area contributed by atoms with E-state index in [1.54, 1.807) is 0 Å². The van der Waals surface area contributed by atoms with E-state index in [1.165, 1.54) is 25.7 Å². The lowest BCUT2D eigenvalue weighted by molar-refractivity contribution is -0.137. The van der Waals surface area contributed by atoms with Gasteiger partial charge in [-0.2, -0.15) is 0 Å². The zero-order valence-electron chi connectivity index (χ0n) is 11.7. The Labute approximate surface area is 110 Å². The predicted octanol–water partition coefficient (Wildman–Crippen LogP) is 1.40. The second-order valence-corrected chi connectivity index (χ2v) is 5.69. The molecule has 2 aliphatic rings. The van der Waals surface area contributed by atoms with E-state index in [2.05, 4.69) is 12.2 Å². The first-order valence-corrected chi connectivity index (χ1v) is 7.31. The van der Waals surface area contributed by atoms with E-state index in [1.807, 2.05) is 11.8 Å². The SMILES string of the molecule is CC(NC1CCCCC1C)C(=O)N1CCOCC1. The minimum Gasteiger partial charge on any atom is -0.378 e. The smallest absolute Gasteiger partial charge is 0.239 e. The average molecular weight is 254 g/mol. The minimum absolute atomic E-state index is 0.0614. The predicted molar refractivity (Wildman–Crippen MR) is 71.4 cm³/mol. The van der Waals surface area contributed by atoms with Crippen LogP contribution < -0.4 is 5.32 Å². The highest BCUT2D eigenvalue weighted by molar-refractivity contribution is 5.81. The Kier molecular flexibility index (Phi) is 5.01. The van der Waals surface area contributed by atoms with E-state index in [0.29, 0.717) is 25.2 Å². The fourth-order valence-electron chi connectivity index (χ4n) is 3.01. The largest absolute Gasteiger partial charge is 0.378 e. The van der Waals surface area contributed by atoms with E-state index in [0.717, 1.165) is 13.1 Å². The van der Waals surface area contributed by atoms with Gasteiger partial charge in [0.05, 0.1) is 19.3 Å². The number of ether oxygens (including phenoxy) is 1. The Balaban J connectivity index is 1.82. The Bertz CT molecular complexity index is 277. The first-order valence-electron chi connectivity index (χ1n) is 7.31. The van der Waals surface area contributed by atoms with Crippen molar-refractivity contribution < 1.29 is 9.53 Å². The quantitative estimate of drug-likeness (QED) is 0.828. The summed E-state index contributed by atoms with van der Waals surface area (Å²) in [5.41, 5.74) is 0. The van der Waals surface area contributed by atoms with Gasteiger partial charge in [-0.05, 0) is 25.7 Å². The second kappa shape index (κ2) is 6.53. The Morgan fingerprint density at radius 1 is 1.28 bits per heavy atom. The molecule has 1 aliphatic heterocycles. The molecule has 2 fully saturated rings. The van der Waals surface area contributed by atoms with Gasteiger partial charge in [-0.15, -0.1) is 0 Å². The molecular weight excluding hydrogens is 228 g/mol. The van der Waals surface area contributed by atoms with Crippen molar-refractivity contribution in [1.82, 2.24) is 10.2 Å². The molecule has 0 aromatic carbocycles. The molecule has 0 aromatic rings. The van der Waals surface area contributed by atoms with Gasteiger partial charge in [0.15, 0.2) is 0 Å². The van der Waals surface area contributed by atoms with E-state index in [9.17, 15) is 4.79 Å². The van der Waals surface area contributed by atoms with Gasteiger partial charge in [0.1, 0.15) is 0 Å². The van der Waals surface area contributed by atoms with Gasteiger partial charge in [-0.25, -0.2) is 0 Å². The number of rotatable bonds is 3. The third-order valence-electron chi connectivity index (χ3n) is 4.27. The van der Waals surface area contributed by atoms with Crippen LogP contribution in [0.2, 0.25) is 0 Å². The van der Waals surface area contributed by atoms with Crippen molar-refractivity contribution in [2.75, 3.05) is 26.3 Å². The lowest BCUT2D eigenvalue weighted by Crippen LogP contribution is -2.53. The summed E-state index contributed by atoms with van der Waals surface area (Å²) in [6.45, 7) is 7.13. The molecule has 0 spiro atoms. The normalized spacial score (nSPS) is 31.1. The van der Waals surface area contributed by atoms with E-state index >= 15 is 0 Å². The molecule has 0 radical (unpaired) electrons. The summed E-state index contributed by atoms with van der Waals surface area (Å²) < 4.78 is 5.28. The molecule has 104 valence electrons. The molecule has 4 heteroatoms. The van der Waals surface area contributed by atoms with Gasteiger partial charge >= 0.3 is 0 Å². The van der Waals surface area contributed by atoms with Crippen LogP contribution in [0.3, 0.4) is 0 Å². The van der Waals surface area contributed by atoms with Gasteiger partial charge < -0.3 is 15.0 Å². The molecule has 1 aliphatic carbocycles. The van der Waals surface area contributed by atoms with Crippen LogP contribution in [0.4, 0.5) is 0 Å². The first-order chi connectivity index (χ1) is 8.68. The highest BCUT2D eigenvalue weighted by atomic mass is 16.5. The number of hydrogen-bond acceptors (Lipinski definition) is 3. The molecule has 3 atom stereocenters. The van der Waals surface area contributed by atoms with Crippen molar-refractivity contribution >= 4 is 5.91 Å². The number of morpholine rings is 1. The molecule has 1 heterocycles. The molecule has 3 unspecified atom stereocenters. The van der Waals surface area contributed by atoms with Gasteiger partial charge in [-0.1, -0.05) is 19.8 Å². The van der Waals surface area contributed by atoms with Gasteiger partial charge in [0.25, 0.3) is 0 Å². The fraction of sp³-hybridized carbons (Fsp3) is 0.929. The second-order valence-electron chi connectivity index (χ2n) is 5.69. The molecule has 1 saturated heterocycles. The number of carbonyl (C=O) groups excluding carboxylic acids is 1. The first kappa shape index (κ1) is 13.8. The maximum absolute atomic E-state index is 12.3. The summed E-state index contributed by atoms with van der Waals surface area (Å²) in [6.07, 6.45) is 5.13. The van der Waals surface area contributed by atoms with Gasteiger partial charge in [0, 0.05) is 19.1 Å². The average Bonchev–Trinajstić information content (AvgIpc) is 2.41. The topological polar surface area (TPSA) is 41.6 Å². The van der Waals surface area contributed by atoms with Crippen molar-refractivity contribution in [3.63, 3.8) is 0 Å². The maximum Gasteiger partial charge on any atom is 0.239 e. The summed E-state index contributed by atoms with van der Waals surface area (Å²) in [7, 11) is 0. The van der Waals surface area contributed by atoms with Gasteiger partial charge in [0.2, 0.25) is 5.91 Å². The lowest BCUT2D eigenvalue weighted by Gasteiger charge is -2.34. The molecule has 0 bridgehead atoms. The Morgan fingerprint density at radius 3 is 2.61 bits per heavy atom. The van der Waals surface area contributed by atoms with Crippen LogP contribution >= 0.6 is 0 Å². The third-order valence-corrected chi connectivity index (χ3v) is 4.27. The van der Waals surface area contributed by atoms with Crippen molar-refractivity contribution in [1.29, 1.82) is 0 Å². The number of nitrogens with one attached hydrogen (secondary N) is 1. The molecular formula is C14H26N2O2. The van der Waals surface area contributed by atoms with Crippen molar-refractivity contribution in [3.05, 3.63) is 0 Å². The summed E-state index contributed by atoms with van der Waals surface area (Å²) in [5, 5.41) is 3.53. The number of hydrogen-bond donors (Lipinski definition) is 1. The molecule has 18 heavy (non-hydrogen) atoms. The minimum atomic E-state index is -0.0614. The summed E-state index contributed by atoms with van der Waals surface area (Å²) >= 11 is 0. The summed E-state index contributed by atoms with van der Waals surface area (Å²) in [6, 6.07) is 0.451. The number of carbonyl (C=O) groups is 1. The monoisotopic (exact) mass is 254 g/mol. The van der Waals surface area contributed by atoms with E-state index in [4.69, 9.17) is 4.74 Å².